The Morgan fingerprint density at radius 3 is 2.86 bits per heavy atom. The number of fused-ring (bicyclic) bond motifs is 1. The van der Waals surface area contributed by atoms with E-state index in [1.54, 1.807) is 6.33 Å². The number of hydrogen-bond donors (Lipinski definition) is 2. The SMILES string of the molecule is Cc1ccc(OCCC(=O)Nc2ccc3nc[nH]c3c2)cc1. The third-order valence-corrected chi connectivity index (χ3v) is 3.32. The zero-order valence-electron chi connectivity index (χ0n) is 12.3. The zero-order valence-corrected chi connectivity index (χ0v) is 12.3. The van der Waals surface area contributed by atoms with Gasteiger partial charge in [0.15, 0.2) is 0 Å². The van der Waals surface area contributed by atoms with E-state index in [0.717, 1.165) is 22.5 Å². The van der Waals surface area contributed by atoms with Gasteiger partial charge < -0.3 is 15.0 Å². The molecule has 0 aliphatic carbocycles. The number of carbonyl (C=O) groups excluding carboxylic acids is 1. The Morgan fingerprint density at radius 2 is 2.05 bits per heavy atom. The molecule has 0 radical (unpaired) electrons. The molecule has 1 aromatic heterocycles. The van der Waals surface area contributed by atoms with Crippen molar-refractivity contribution in [2.24, 2.45) is 0 Å². The number of aromatic nitrogens is 2. The van der Waals surface area contributed by atoms with Crippen LogP contribution >= 0.6 is 0 Å². The maximum Gasteiger partial charge on any atom is 0.227 e. The largest absolute Gasteiger partial charge is 0.493 e. The van der Waals surface area contributed by atoms with Crippen LogP contribution in [0.1, 0.15) is 12.0 Å². The molecule has 0 saturated carbocycles. The van der Waals surface area contributed by atoms with Crippen molar-refractivity contribution < 1.29 is 9.53 Å². The molecule has 2 N–H and O–H groups in total. The fraction of sp³-hybridized carbons (Fsp3) is 0.176. The van der Waals surface area contributed by atoms with E-state index in [4.69, 9.17) is 4.74 Å². The first kappa shape index (κ1) is 14.1. The van der Waals surface area contributed by atoms with Crippen LogP contribution in [0.15, 0.2) is 48.8 Å². The van der Waals surface area contributed by atoms with Gasteiger partial charge in [0.05, 0.1) is 30.4 Å². The van der Waals surface area contributed by atoms with Crippen molar-refractivity contribution in [3.63, 3.8) is 0 Å². The first-order chi connectivity index (χ1) is 10.7. The standard InChI is InChI=1S/C17H17N3O2/c1-12-2-5-14(6-3-12)22-9-8-17(21)20-13-4-7-15-16(10-13)19-11-18-15/h2-7,10-11H,8-9H2,1H3,(H,18,19)(H,20,21). The van der Waals surface area contributed by atoms with Gasteiger partial charge in [-0.3, -0.25) is 4.79 Å². The smallest absolute Gasteiger partial charge is 0.227 e. The molecule has 22 heavy (non-hydrogen) atoms. The molecule has 0 bridgehead atoms. The normalized spacial score (nSPS) is 10.6. The number of amides is 1. The lowest BCUT2D eigenvalue weighted by molar-refractivity contribution is -0.116. The summed E-state index contributed by atoms with van der Waals surface area (Å²) in [5.41, 5.74) is 3.70. The van der Waals surface area contributed by atoms with Crippen molar-refractivity contribution >= 4 is 22.6 Å². The molecule has 0 spiro atoms. The molecule has 3 aromatic rings. The maximum atomic E-state index is 11.9. The monoisotopic (exact) mass is 295 g/mol. The molecule has 5 heteroatoms. The van der Waals surface area contributed by atoms with E-state index in [1.165, 1.54) is 5.56 Å². The average Bonchev–Trinajstić information content (AvgIpc) is 2.97. The summed E-state index contributed by atoms with van der Waals surface area (Å²) in [5, 5.41) is 2.85. The minimum atomic E-state index is -0.0778. The first-order valence-corrected chi connectivity index (χ1v) is 7.13. The third-order valence-electron chi connectivity index (χ3n) is 3.32. The molecule has 0 aliphatic heterocycles. The average molecular weight is 295 g/mol. The van der Waals surface area contributed by atoms with E-state index >= 15 is 0 Å². The Kier molecular flexibility index (Phi) is 4.05. The Morgan fingerprint density at radius 1 is 1.23 bits per heavy atom. The zero-order chi connectivity index (χ0) is 15.4. The van der Waals surface area contributed by atoms with Crippen molar-refractivity contribution in [1.82, 2.24) is 9.97 Å². The molecule has 1 amide bonds. The van der Waals surface area contributed by atoms with Crippen LogP contribution in [0.25, 0.3) is 11.0 Å². The van der Waals surface area contributed by atoms with Gasteiger partial charge in [0, 0.05) is 5.69 Å². The fourth-order valence-electron chi connectivity index (χ4n) is 2.13. The van der Waals surface area contributed by atoms with Gasteiger partial charge in [0.2, 0.25) is 5.91 Å². The summed E-state index contributed by atoms with van der Waals surface area (Å²) in [6.45, 7) is 2.37. The van der Waals surface area contributed by atoms with Gasteiger partial charge in [-0.15, -0.1) is 0 Å². The highest BCUT2D eigenvalue weighted by molar-refractivity contribution is 5.93. The molecule has 0 saturated heterocycles. The second kappa shape index (κ2) is 6.30. The van der Waals surface area contributed by atoms with Crippen molar-refractivity contribution in [2.45, 2.75) is 13.3 Å². The van der Waals surface area contributed by atoms with Crippen LogP contribution in [-0.4, -0.2) is 22.5 Å². The number of imidazole rings is 1. The summed E-state index contributed by atoms with van der Waals surface area (Å²) in [6, 6.07) is 13.3. The molecule has 0 aliphatic rings. The van der Waals surface area contributed by atoms with E-state index in [9.17, 15) is 4.79 Å². The van der Waals surface area contributed by atoms with Gasteiger partial charge in [0.1, 0.15) is 5.75 Å². The highest BCUT2D eigenvalue weighted by atomic mass is 16.5. The van der Waals surface area contributed by atoms with Gasteiger partial charge in [0.25, 0.3) is 0 Å². The van der Waals surface area contributed by atoms with Crippen LogP contribution in [0.3, 0.4) is 0 Å². The highest BCUT2D eigenvalue weighted by Crippen LogP contribution is 2.16. The predicted octanol–water partition coefficient (Wildman–Crippen LogP) is 3.28. The number of nitrogens with one attached hydrogen (secondary N) is 2. The number of hydrogen-bond acceptors (Lipinski definition) is 3. The van der Waals surface area contributed by atoms with Gasteiger partial charge in [-0.05, 0) is 37.3 Å². The van der Waals surface area contributed by atoms with E-state index in [1.807, 2.05) is 49.4 Å². The van der Waals surface area contributed by atoms with Gasteiger partial charge in [-0.25, -0.2) is 4.98 Å². The van der Waals surface area contributed by atoms with E-state index < -0.39 is 0 Å². The molecule has 0 fully saturated rings. The molecule has 3 rings (SSSR count). The summed E-state index contributed by atoms with van der Waals surface area (Å²) in [5.74, 6) is 0.697. The van der Waals surface area contributed by atoms with Gasteiger partial charge >= 0.3 is 0 Å². The minimum Gasteiger partial charge on any atom is -0.493 e. The van der Waals surface area contributed by atoms with Gasteiger partial charge in [-0.2, -0.15) is 0 Å². The number of H-pyrrole nitrogens is 1. The molecule has 0 atom stereocenters. The van der Waals surface area contributed by atoms with Crippen LogP contribution in [0.5, 0.6) is 5.75 Å². The lowest BCUT2D eigenvalue weighted by atomic mass is 10.2. The molecule has 1 heterocycles. The van der Waals surface area contributed by atoms with Crippen molar-refractivity contribution in [3.8, 4) is 5.75 Å². The van der Waals surface area contributed by atoms with Crippen molar-refractivity contribution in [2.75, 3.05) is 11.9 Å². The number of rotatable bonds is 5. The number of aromatic amines is 1. The maximum absolute atomic E-state index is 11.9. The number of aryl methyl sites for hydroxylation is 1. The van der Waals surface area contributed by atoms with Crippen LogP contribution in [0, 0.1) is 6.92 Å². The van der Waals surface area contributed by atoms with Crippen LogP contribution in [0.4, 0.5) is 5.69 Å². The van der Waals surface area contributed by atoms with E-state index in [0.29, 0.717) is 13.0 Å². The van der Waals surface area contributed by atoms with Crippen LogP contribution in [0.2, 0.25) is 0 Å². The third kappa shape index (κ3) is 3.44. The second-order valence-corrected chi connectivity index (χ2v) is 5.09. The summed E-state index contributed by atoms with van der Waals surface area (Å²) in [7, 11) is 0. The highest BCUT2D eigenvalue weighted by Gasteiger charge is 2.04. The van der Waals surface area contributed by atoms with Gasteiger partial charge in [-0.1, -0.05) is 17.7 Å². The molecule has 112 valence electrons. The topological polar surface area (TPSA) is 67.0 Å². The molecule has 5 nitrogen and oxygen atoms in total. The van der Waals surface area contributed by atoms with E-state index in [-0.39, 0.29) is 5.91 Å². The Bertz CT molecular complexity index is 778. The second-order valence-electron chi connectivity index (χ2n) is 5.09. The molecular weight excluding hydrogens is 278 g/mol. The molecular formula is C17H17N3O2. The molecule has 0 unspecified atom stereocenters. The quantitative estimate of drug-likeness (QED) is 0.759. The fourth-order valence-corrected chi connectivity index (χ4v) is 2.13. The predicted molar refractivity (Wildman–Crippen MR) is 86.0 cm³/mol. The number of nitrogens with zero attached hydrogens (tertiary/aromatic N) is 1. The Labute approximate surface area is 128 Å². The van der Waals surface area contributed by atoms with Crippen molar-refractivity contribution in [3.05, 3.63) is 54.4 Å². The minimum absolute atomic E-state index is 0.0778. The van der Waals surface area contributed by atoms with E-state index in [2.05, 4.69) is 15.3 Å². The number of carbonyl (C=O) groups is 1. The number of anilines is 1. The number of ether oxygens (including phenoxy) is 1. The summed E-state index contributed by atoms with van der Waals surface area (Å²) >= 11 is 0. The summed E-state index contributed by atoms with van der Waals surface area (Å²) in [4.78, 5) is 19.1. The summed E-state index contributed by atoms with van der Waals surface area (Å²) in [6.07, 6.45) is 1.93. The molecule has 2 aromatic carbocycles. The van der Waals surface area contributed by atoms with Crippen LogP contribution < -0.4 is 10.1 Å². The van der Waals surface area contributed by atoms with Crippen molar-refractivity contribution in [1.29, 1.82) is 0 Å². The Hall–Kier alpha value is -2.82. The lowest BCUT2D eigenvalue weighted by Crippen LogP contribution is -2.15. The first-order valence-electron chi connectivity index (χ1n) is 7.13. The lowest BCUT2D eigenvalue weighted by Gasteiger charge is -2.07. The van der Waals surface area contributed by atoms with Crippen LogP contribution in [-0.2, 0) is 4.79 Å². The Balaban J connectivity index is 1.50. The summed E-state index contributed by atoms with van der Waals surface area (Å²) < 4.78 is 5.55. The number of benzene rings is 2.